The lowest BCUT2D eigenvalue weighted by molar-refractivity contribution is -0.139. The maximum atomic E-state index is 13.8. The summed E-state index contributed by atoms with van der Waals surface area (Å²) in [5, 5.41) is 18.5. The third kappa shape index (κ3) is 7.90. The molecule has 1 aliphatic heterocycles. The molecule has 2 aliphatic rings. The van der Waals surface area contributed by atoms with E-state index in [0.717, 1.165) is 52.0 Å². The molecule has 0 fully saturated rings. The van der Waals surface area contributed by atoms with E-state index >= 15 is 0 Å². The van der Waals surface area contributed by atoms with Crippen LogP contribution in [0.2, 0.25) is 0 Å². The summed E-state index contributed by atoms with van der Waals surface area (Å²) in [6, 6.07) is 14.7. The first-order valence-corrected chi connectivity index (χ1v) is 18.7. The number of benzene rings is 3. The molecule has 4 N–H and O–H groups in total. The zero-order valence-electron chi connectivity index (χ0n) is 29.7. The quantitative estimate of drug-likeness (QED) is 0.0936. The van der Waals surface area contributed by atoms with Gasteiger partial charge in [-0.3, -0.25) is 0 Å². The van der Waals surface area contributed by atoms with Gasteiger partial charge in [0, 0.05) is 31.0 Å². The average molecular weight is 705 g/mol. The van der Waals surface area contributed by atoms with E-state index < -0.39 is 33.7 Å². The number of unbranched alkanes of at least 4 members (excludes halogenated alkanes) is 1. The Morgan fingerprint density at radius 3 is 2.16 bits per heavy atom. The number of hydrogen-bond donors (Lipinski definition) is 4. The van der Waals surface area contributed by atoms with Gasteiger partial charge in [-0.1, -0.05) is 61.9 Å². The van der Waals surface area contributed by atoms with Gasteiger partial charge < -0.3 is 30.5 Å². The number of rotatable bonds is 13. The number of nitrogens with one attached hydrogen (secondary N) is 3. The molecule has 0 radical (unpaired) electrons. The second-order valence-electron chi connectivity index (χ2n) is 13.7. The number of fused-ring (bicyclic) bond motifs is 4. The van der Waals surface area contributed by atoms with Crippen molar-refractivity contribution in [3.8, 4) is 16.9 Å². The highest BCUT2D eigenvalue weighted by Crippen LogP contribution is 2.45. The summed E-state index contributed by atoms with van der Waals surface area (Å²) in [4.78, 5) is 25.0. The Kier molecular flexibility index (Phi) is 11.1. The highest BCUT2D eigenvalue weighted by atomic mass is 32.2. The van der Waals surface area contributed by atoms with E-state index in [0.29, 0.717) is 30.5 Å². The van der Waals surface area contributed by atoms with Crippen molar-refractivity contribution in [1.29, 1.82) is 0 Å². The van der Waals surface area contributed by atoms with Gasteiger partial charge in [0.05, 0.1) is 4.90 Å². The van der Waals surface area contributed by atoms with Crippen LogP contribution < -0.4 is 20.7 Å². The molecule has 0 saturated carbocycles. The van der Waals surface area contributed by atoms with Gasteiger partial charge >= 0.3 is 12.1 Å². The van der Waals surface area contributed by atoms with Crippen LogP contribution in [0.1, 0.15) is 85.8 Å². The van der Waals surface area contributed by atoms with Crippen molar-refractivity contribution in [2.45, 2.75) is 96.1 Å². The molecule has 1 atom stereocenters. The highest BCUT2D eigenvalue weighted by molar-refractivity contribution is 7.90. The summed E-state index contributed by atoms with van der Waals surface area (Å²) in [5.74, 6) is -0.514. The number of aliphatic carboxylic acids is 1. The lowest BCUT2D eigenvalue weighted by Gasteiger charge is -2.19. The van der Waals surface area contributed by atoms with Crippen molar-refractivity contribution < 1.29 is 32.6 Å². The summed E-state index contributed by atoms with van der Waals surface area (Å²) < 4.78 is 43.6. The van der Waals surface area contributed by atoms with Crippen LogP contribution in [0.4, 0.5) is 4.79 Å². The number of carboxylic acids is 1. The average Bonchev–Trinajstić information content (AvgIpc) is 3.57. The minimum atomic E-state index is -4.13. The van der Waals surface area contributed by atoms with E-state index in [1.165, 1.54) is 0 Å². The van der Waals surface area contributed by atoms with Gasteiger partial charge in [-0.05, 0) is 92.8 Å². The van der Waals surface area contributed by atoms with Gasteiger partial charge in [-0.25, -0.2) is 9.59 Å². The second-order valence-corrected chi connectivity index (χ2v) is 15.2. The summed E-state index contributed by atoms with van der Waals surface area (Å²) in [7, 11) is -4.13. The minimum Gasteiger partial charge on any atom is -0.487 e. The molecule has 50 heavy (non-hydrogen) atoms. The van der Waals surface area contributed by atoms with E-state index in [-0.39, 0.29) is 36.3 Å². The summed E-state index contributed by atoms with van der Waals surface area (Å²) in [6.07, 6.45) is 1.86. The van der Waals surface area contributed by atoms with Crippen LogP contribution in [-0.2, 0) is 26.0 Å². The smallest absolute Gasteiger partial charge is 0.407 e. The molecule has 0 saturated heterocycles. The number of nitrogens with zero attached hydrogens (tertiary/aromatic N) is 1. The van der Waals surface area contributed by atoms with Crippen molar-refractivity contribution in [2.24, 2.45) is 4.40 Å². The Morgan fingerprint density at radius 1 is 0.960 bits per heavy atom. The first-order chi connectivity index (χ1) is 23.7. The van der Waals surface area contributed by atoms with Gasteiger partial charge in [0.1, 0.15) is 24.0 Å². The maximum absolute atomic E-state index is 13.8. The zero-order valence-corrected chi connectivity index (χ0v) is 30.5. The fourth-order valence-corrected chi connectivity index (χ4v) is 8.37. The number of guanidine groups is 1. The topological polar surface area (TPSA) is 155 Å². The molecular formula is C38H48N4O7S. The molecule has 1 amide bonds. The Bertz CT molecular complexity index is 1860. The normalized spacial score (nSPS) is 15.4. The summed E-state index contributed by atoms with van der Waals surface area (Å²) >= 11 is 0. The van der Waals surface area contributed by atoms with E-state index in [1.807, 2.05) is 76.2 Å². The standard InChI is InChI=1S/C38H48N4O7S/c1-7-8-19-39-36(42-50(46,47)34-24(3)23(2)33-30(25(34)4)21-38(5,6)49-33)40-20-13-18-32(35(43)44)41-37(45)48-22-31-28-16-11-9-14-26(28)27-15-10-12-17-29(27)31/h9-12,14-17,31-32H,7-8,13,18-22H2,1-6H3,(H,41,45)(H,43,44)(H2,39,40,42)/t32-/m0/s1. The number of alkyl carbamates (subject to hydrolysis) is 1. The van der Waals surface area contributed by atoms with E-state index in [9.17, 15) is 23.1 Å². The number of sulfonamides is 1. The molecule has 268 valence electrons. The number of amides is 1. The lowest BCUT2D eigenvalue weighted by atomic mass is 9.94. The lowest BCUT2D eigenvalue weighted by Crippen LogP contribution is -2.43. The van der Waals surface area contributed by atoms with Crippen molar-refractivity contribution >= 4 is 28.0 Å². The molecule has 0 aromatic heterocycles. The third-order valence-corrected chi connectivity index (χ3v) is 11.0. The van der Waals surface area contributed by atoms with Crippen molar-refractivity contribution in [3.05, 3.63) is 81.9 Å². The first-order valence-electron chi connectivity index (χ1n) is 17.2. The number of carbonyl (C=O) groups excluding carboxylic acids is 1. The molecule has 0 spiro atoms. The molecule has 0 unspecified atom stereocenters. The molecule has 12 heteroatoms. The van der Waals surface area contributed by atoms with Gasteiger partial charge in [0.15, 0.2) is 0 Å². The van der Waals surface area contributed by atoms with Crippen LogP contribution in [0.25, 0.3) is 11.1 Å². The fraction of sp³-hybridized carbons (Fsp3) is 0.447. The predicted octanol–water partition coefficient (Wildman–Crippen LogP) is 6.12. The molecule has 3 aromatic carbocycles. The van der Waals surface area contributed by atoms with Crippen LogP contribution in [0.15, 0.2) is 57.8 Å². The highest BCUT2D eigenvalue weighted by Gasteiger charge is 2.37. The van der Waals surface area contributed by atoms with E-state index in [1.54, 1.807) is 13.8 Å². The van der Waals surface area contributed by atoms with Crippen molar-refractivity contribution in [1.82, 2.24) is 16.0 Å². The van der Waals surface area contributed by atoms with Crippen LogP contribution in [0, 0.1) is 20.8 Å². The Labute approximate surface area is 294 Å². The number of ether oxygens (including phenoxy) is 2. The van der Waals surface area contributed by atoms with Crippen LogP contribution in [-0.4, -0.2) is 62.9 Å². The summed E-state index contributed by atoms with van der Waals surface area (Å²) in [5.41, 5.74) is 6.77. The van der Waals surface area contributed by atoms with E-state index in [2.05, 4.69) is 20.3 Å². The first kappa shape index (κ1) is 36.7. The molecule has 1 heterocycles. The Morgan fingerprint density at radius 2 is 1.56 bits per heavy atom. The SMILES string of the molecule is CCCCN/C(=N\S(=O)(=O)c1c(C)c(C)c2c(c1C)CC(C)(C)O2)NCCC[C@H](NC(=O)OCC1c2ccccc2-c2ccccc21)C(=O)O. The summed E-state index contributed by atoms with van der Waals surface area (Å²) in [6.45, 7) is 12.2. The van der Waals surface area contributed by atoms with Gasteiger partial charge in [-0.2, -0.15) is 8.42 Å². The molecule has 11 nitrogen and oxygen atoms in total. The van der Waals surface area contributed by atoms with Crippen molar-refractivity contribution in [2.75, 3.05) is 19.7 Å². The number of carboxylic acid groups (broad SMARTS) is 1. The van der Waals surface area contributed by atoms with Crippen LogP contribution in [0.3, 0.4) is 0 Å². The molecule has 3 aromatic rings. The van der Waals surface area contributed by atoms with Crippen LogP contribution >= 0.6 is 0 Å². The second kappa shape index (κ2) is 15.1. The maximum Gasteiger partial charge on any atom is 0.407 e. The predicted molar refractivity (Wildman–Crippen MR) is 193 cm³/mol. The number of hydrogen-bond acceptors (Lipinski definition) is 6. The fourth-order valence-electron chi connectivity index (χ4n) is 6.86. The molecule has 5 rings (SSSR count). The largest absolute Gasteiger partial charge is 0.487 e. The third-order valence-electron chi connectivity index (χ3n) is 9.48. The zero-order chi connectivity index (χ0) is 36.2. The van der Waals surface area contributed by atoms with E-state index in [4.69, 9.17) is 9.47 Å². The Balaban J connectivity index is 1.21. The minimum absolute atomic E-state index is 0.0684. The van der Waals surface area contributed by atoms with Crippen molar-refractivity contribution in [3.63, 3.8) is 0 Å². The molecule has 1 aliphatic carbocycles. The Hall–Kier alpha value is -4.58. The van der Waals surface area contributed by atoms with Gasteiger partial charge in [0.25, 0.3) is 10.0 Å². The van der Waals surface area contributed by atoms with Crippen LogP contribution in [0.5, 0.6) is 5.75 Å². The monoisotopic (exact) mass is 704 g/mol. The van der Waals surface area contributed by atoms with Gasteiger partial charge in [0.2, 0.25) is 5.96 Å². The number of carbonyl (C=O) groups is 2. The van der Waals surface area contributed by atoms with Gasteiger partial charge in [-0.15, -0.1) is 4.40 Å². The molecular weight excluding hydrogens is 657 g/mol. The molecule has 0 bridgehead atoms.